The van der Waals surface area contributed by atoms with Crippen molar-refractivity contribution in [2.24, 2.45) is 7.05 Å². The number of nitrogens with zero attached hydrogens (tertiary/aromatic N) is 3. The zero-order chi connectivity index (χ0) is 10.8. The first kappa shape index (κ1) is 10.4. The van der Waals surface area contributed by atoms with Crippen molar-refractivity contribution in [3.8, 4) is 11.4 Å². The summed E-state index contributed by atoms with van der Waals surface area (Å²) >= 11 is 2.30. The third-order valence-corrected chi connectivity index (χ3v) is 3.15. The summed E-state index contributed by atoms with van der Waals surface area (Å²) in [5.41, 5.74) is 1.11. The lowest BCUT2D eigenvalue weighted by molar-refractivity contribution is 0.924. The fourth-order valence-electron chi connectivity index (χ4n) is 1.42. The molecule has 0 aliphatic heterocycles. The Hall–Kier alpha value is -1.11. The summed E-state index contributed by atoms with van der Waals surface area (Å²) in [6.45, 7) is 0. The van der Waals surface area contributed by atoms with Crippen LogP contribution in [0.4, 0.5) is 5.95 Å². The Labute approximate surface area is 102 Å². The minimum absolute atomic E-state index is 0.768. The first-order valence-corrected chi connectivity index (χ1v) is 5.64. The van der Waals surface area contributed by atoms with Gasteiger partial charge in [0.05, 0.1) is 0 Å². The van der Waals surface area contributed by atoms with E-state index in [2.05, 4.69) is 44.2 Å². The van der Waals surface area contributed by atoms with Crippen LogP contribution >= 0.6 is 22.6 Å². The molecule has 1 heterocycles. The topological polar surface area (TPSA) is 42.7 Å². The van der Waals surface area contributed by atoms with Crippen LogP contribution in [0.2, 0.25) is 0 Å². The SMILES string of the molecule is CNc1nnc(-c2ccccc2I)n1C. The van der Waals surface area contributed by atoms with Crippen molar-refractivity contribution in [1.82, 2.24) is 14.8 Å². The Morgan fingerprint density at radius 1 is 1.27 bits per heavy atom. The molecule has 2 aromatic rings. The van der Waals surface area contributed by atoms with Crippen LogP contribution in [0.1, 0.15) is 0 Å². The molecule has 1 N–H and O–H groups in total. The Balaban J connectivity index is 2.55. The van der Waals surface area contributed by atoms with Gasteiger partial charge >= 0.3 is 0 Å². The predicted octanol–water partition coefficient (Wildman–Crippen LogP) is 2.13. The van der Waals surface area contributed by atoms with Crippen molar-refractivity contribution >= 4 is 28.5 Å². The highest BCUT2D eigenvalue weighted by Gasteiger charge is 2.11. The maximum atomic E-state index is 4.16. The predicted molar refractivity (Wildman–Crippen MR) is 68.7 cm³/mol. The van der Waals surface area contributed by atoms with Crippen LogP contribution in [0.15, 0.2) is 24.3 Å². The highest BCUT2D eigenvalue weighted by atomic mass is 127. The molecule has 0 unspecified atom stereocenters. The number of aromatic nitrogens is 3. The van der Waals surface area contributed by atoms with E-state index in [1.807, 2.05) is 36.9 Å². The zero-order valence-corrected chi connectivity index (χ0v) is 10.7. The number of hydrogen-bond acceptors (Lipinski definition) is 3. The van der Waals surface area contributed by atoms with Gasteiger partial charge in [-0.2, -0.15) is 0 Å². The normalized spacial score (nSPS) is 10.3. The number of anilines is 1. The summed E-state index contributed by atoms with van der Waals surface area (Å²) < 4.78 is 3.12. The monoisotopic (exact) mass is 314 g/mol. The first-order valence-electron chi connectivity index (χ1n) is 4.56. The van der Waals surface area contributed by atoms with E-state index >= 15 is 0 Å². The smallest absolute Gasteiger partial charge is 0.224 e. The molecule has 5 heteroatoms. The Bertz CT molecular complexity index is 478. The fourth-order valence-corrected chi connectivity index (χ4v) is 2.05. The van der Waals surface area contributed by atoms with Gasteiger partial charge in [0.2, 0.25) is 5.95 Å². The minimum atomic E-state index is 0.768. The second-order valence-corrected chi connectivity index (χ2v) is 4.30. The van der Waals surface area contributed by atoms with Gasteiger partial charge in [0, 0.05) is 23.2 Å². The van der Waals surface area contributed by atoms with Crippen molar-refractivity contribution in [2.45, 2.75) is 0 Å². The summed E-state index contributed by atoms with van der Waals surface area (Å²) in [5.74, 6) is 1.65. The molecule has 78 valence electrons. The largest absolute Gasteiger partial charge is 0.357 e. The van der Waals surface area contributed by atoms with E-state index in [-0.39, 0.29) is 0 Å². The lowest BCUT2D eigenvalue weighted by atomic mass is 10.2. The molecule has 0 atom stereocenters. The van der Waals surface area contributed by atoms with E-state index in [0.717, 1.165) is 17.3 Å². The quantitative estimate of drug-likeness (QED) is 0.864. The van der Waals surface area contributed by atoms with Crippen LogP contribution < -0.4 is 5.32 Å². The molecule has 2 rings (SSSR count). The summed E-state index contributed by atoms with van der Waals surface area (Å²) in [5, 5.41) is 11.2. The highest BCUT2D eigenvalue weighted by Crippen LogP contribution is 2.24. The van der Waals surface area contributed by atoms with Gasteiger partial charge in [-0.1, -0.05) is 18.2 Å². The molecule has 0 radical (unpaired) electrons. The van der Waals surface area contributed by atoms with Gasteiger partial charge in [0.25, 0.3) is 0 Å². The lowest BCUT2D eigenvalue weighted by Gasteiger charge is -2.04. The maximum Gasteiger partial charge on any atom is 0.224 e. The van der Waals surface area contributed by atoms with E-state index in [1.165, 1.54) is 3.57 Å². The minimum Gasteiger partial charge on any atom is -0.357 e. The number of rotatable bonds is 2. The number of hydrogen-bond donors (Lipinski definition) is 1. The molecule has 1 aromatic heterocycles. The molecule has 4 nitrogen and oxygen atoms in total. The molecule has 0 fully saturated rings. The summed E-state index contributed by atoms with van der Waals surface area (Å²) in [7, 11) is 3.79. The number of halogens is 1. The average molecular weight is 314 g/mol. The Kier molecular flexibility index (Phi) is 2.90. The van der Waals surface area contributed by atoms with Crippen LogP contribution in [0.25, 0.3) is 11.4 Å². The van der Waals surface area contributed by atoms with Crippen molar-refractivity contribution < 1.29 is 0 Å². The molecule has 0 amide bonds. The second kappa shape index (κ2) is 4.18. The van der Waals surface area contributed by atoms with Crippen molar-refractivity contribution in [3.05, 3.63) is 27.8 Å². The Morgan fingerprint density at radius 2 is 2.00 bits per heavy atom. The van der Waals surface area contributed by atoms with Crippen LogP contribution in [0, 0.1) is 3.57 Å². The van der Waals surface area contributed by atoms with Crippen molar-refractivity contribution in [2.75, 3.05) is 12.4 Å². The Morgan fingerprint density at radius 3 is 2.60 bits per heavy atom. The van der Waals surface area contributed by atoms with Gasteiger partial charge in [0.15, 0.2) is 5.82 Å². The first-order chi connectivity index (χ1) is 7.24. The van der Waals surface area contributed by atoms with Gasteiger partial charge < -0.3 is 5.32 Å². The van der Waals surface area contributed by atoms with Crippen LogP contribution in [-0.2, 0) is 7.05 Å². The number of nitrogens with one attached hydrogen (secondary N) is 1. The highest BCUT2D eigenvalue weighted by molar-refractivity contribution is 14.1. The molecule has 0 saturated heterocycles. The lowest BCUT2D eigenvalue weighted by Crippen LogP contribution is -2.00. The summed E-state index contributed by atoms with van der Waals surface area (Å²) in [6, 6.07) is 8.13. The van der Waals surface area contributed by atoms with E-state index in [0.29, 0.717) is 0 Å². The standard InChI is InChI=1S/C10H11IN4/c1-12-10-14-13-9(15(10)2)7-5-3-4-6-8(7)11/h3-6H,1-2H3,(H,12,14). The zero-order valence-electron chi connectivity index (χ0n) is 8.53. The van der Waals surface area contributed by atoms with Crippen LogP contribution in [0.5, 0.6) is 0 Å². The van der Waals surface area contributed by atoms with E-state index < -0.39 is 0 Å². The number of benzene rings is 1. The third-order valence-electron chi connectivity index (χ3n) is 2.21. The molecule has 15 heavy (non-hydrogen) atoms. The molecule has 0 bridgehead atoms. The average Bonchev–Trinajstić information content (AvgIpc) is 2.60. The molecule has 0 aliphatic carbocycles. The summed E-state index contributed by atoms with van der Waals surface area (Å²) in [6.07, 6.45) is 0. The van der Waals surface area contributed by atoms with Gasteiger partial charge in [-0.3, -0.25) is 4.57 Å². The van der Waals surface area contributed by atoms with Gasteiger partial charge in [-0.05, 0) is 28.7 Å². The maximum absolute atomic E-state index is 4.16. The van der Waals surface area contributed by atoms with Crippen molar-refractivity contribution in [1.29, 1.82) is 0 Å². The molecule has 0 saturated carbocycles. The van der Waals surface area contributed by atoms with Gasteiger partial charge in [0.1, 0.15) is 0 Å². The second-order valence-electron chi connectivity index (χ2n) is 3.14. The van der Waals surface area contributed by atoms with Crippen LogP contribution in [-0.4, -0.2) is 21.8 Å². The van der Waals surface area contributed by atoms with Gasteiger partial charge in [-0.15, -0.1) is 10.2 Å². The van der Waals surface area contributed by atoms with Crippen molar-refractivity contribution in [3.63, 3.8) is 0 Å². The fraction of sp³-hybridized carbons (Fsp3) is 0.200. The van der Waals surface area contributed by atoms with E-state index in [1.54, 1.807) is 0 Å². The van der Waals surface area contributed by atoms with E-state index in [4.69, 9.17) is 0 Å². The molecular weight excluding hydrogens is 303 g/mol. The molecule has 0 aliphatic rings. The van der Waals surface area contributed by atoms with E-state index in [9.17, 15) is 0 Å². The molecular formula is C10H11IN4. The molecule has 0 spiro atoms. The van der Waals surface area contributed by atoms with Gasteiger partial charge in [-0.25, -0.2) is 0 Å². The molecule has 1 aromatic carbocycles. The third kappa shape index (κ3) is 1.83. The van der Waals surface area contributed by atoms with Crippen LogP contribution in [0.3, 0.4) is 0 Å². The summed E-state index contributed by atoms with van der Waals surface area (Å²) in [4.78, 5) is 0.